The van der Waals surface area contributed by atoms with E-state index in [0.29, 0.717) is 32.7 Å². The number of hydrogen-bond acceptors (Lipinski definition) is 4. The van der Waals surface area contributed by atoms with Crippen molar-refractivity contribution in [3.05, 3.63) is 67.8 Å². The molecule has 30 heavy (non-hydrogen) atoms. The molecule has 6 nitrogen and oxygen atoms in total. The lowest BCUT2D eigenvalue weighted by Gasteiger charge is -2.23. The second-order valence-corrected chi connectivity index (χ2v) is 9.98. The zero-order chi connectivity index (χ0) is 22.2. The highest BCUT2D eigenvalue weighted by Gasteiger charge is 2.32. The number of nitro groups is 2. The predicted molar refractivity (Wildman–Crippen MR) is 121 cm³/mol. The molecular weight excluding hydrogens is 380 g/mol. The molecule has 0 amide bonds. The molecule has 0 saturated heterocycles. The van der Waals surface area contributed by atoms with Gasteiger partial charge in [0, 0.05) is 21.9 Å². The summed E-state index contributed by atoms with van der Waals surface area (Å²) in [5, 5.41) is 28.3. The Morgan fingerprint density at radius 1 is 0.633 bits per heavy atom. The van der Waals surface area contributed by atoms with E-state index in [2.05, 4.69) is 0 Å². The van der Waals surface area contributed by atoms with Crippen LogP contribution in [0.4, 0.5) is 11.4 Å². The summed E-state index contributed by atoms with van der Waals surface area (Å²) < 4.78 is 0. The minimum Gasteiger partial charge on any atom is -0.258 e. The largest absolute Gasteiger partial charge is 0.280 e. The van der Waals surface area contributed by atoms with Crippen molar-refractivity contribution in [1.82, 2.24) is 0 Å². The molecule has 0 atom stereocenters. The van der Waals surface area contributed by atoms with E-state index >= 15 is 0 Å². The highest BCUT2D eigenvalue weighted by atomic mass is 16.6. The Kier molecular flexibility index (Phi) is 4.08. The van der Waals surface area contributed by atoms with E-state index in [1.807, 2.05) is 65.8 Å². The molecule has 0 unspecified atom stereocenters. The molecule has 0 saturated carbocycles. The third kappa shape index (κ3) is 2.78. The van der Waals surface area contributed by atoms with Gasteiger partial charge in [0.1, 0.15) is 0 Å². The number of hydrogen-bond donors (Lipinski definition) is 0. The molecule has 6 heteroatoms. The van der Waals surface area contributed by atoms with Gasteiger partial charge in [0.05, 0.1) is 20.6 Å². The Balaban J connectivity index is 2.31. The fourth-order valence-corrected chi connectivity index (χ4v) is 4.46. The predicted octanol–water partition coefficient (Wildman–Crippen LogP) is 7.00. The zero-order valence-electron chi connectivity index (χ0n) is 18.0. The molecule has 0 aliphatic carbocycles. The molecule has 4 rings (SSSR count). The van der Waals surface area contributed by atoms with Crippen molar-refractivity contribution in [3.63, 3.8) is 0 Å². The van der Waals surface area contributed by atoms with E-state index in [-0.39, 0.29) is 21.2 Å². The van der Waals surface area contributed by atoms with Crippen LogP contribution in [-0.4, -0.2) is 9.85 Å². The Hall–Kier alpha value is -3.28. The first kappa shape index (κ1) is 20.0. The van der Waals surface area contributed by atoms with Crippen LogP contribution in [0.2, 0.25) is 0 Å². The summed E-state index contributed by atoms with van der Waals surface area (Å²) in [6.07, 6.45) is 0. The number of nitro benzene ring substituents is 2. The van der Waals surface area contributed by atoms with Gasteiger partial charge in [-0.05, 0) is 45.9 Å². The van der Waals surface area contributed by atoms with Crippen molar-refractivity contribution >= 4 is 43.7 Å². The summed E-state index contributed by atoms with van der Waals surface area (Å²) in [5.74, 6) is 0. The van der Waals surface area contributed by atoms with Crippen LogP contribution in [0, 0.1) is 20.2 Å². The lowest BCUT2D eigenvalue weighted by atomic mass is 9.79. The van der Waals surface area contributed by atoms with Crippen LogP contribution >= 0.6 is 0 Å². The molecule has 0 aliphatic heterocycles. The average molecular weight is 404 g/mol. The van der Waals surface area contributed by atoms with E-state index in [4.69, 9.17) is 0 Å². The Morgan fingerprint density at radius 2 is 0.967 bits per heavy atom. The van der Waals surface area contributed by atoms with Crippen molar-refractivity contribution in [2.75, 3.05) is 0 Å². The van der Waals surface area contributed by atoms with Crippen molar-refractivity contribution in [2.45, 2.75) is 52.4 Å². The zero-order valence-corrected chi connectivity index (χ0v) is 18.0. The third-order valence-corrected chi connectivity index (χ3v) is 5.83. The summed E-state index contributed by atoms with van der Waals surface area (Å²) in [4.78, 5) is 23.5. The number of nitrogens with zero attached hydrogens (tertiary/aromatic N) is 2. The van der Waals surface area contributed by atoms with E-state index in [1.54, 1.807) is 12.1 Å². The van der Waals surface area contributed by atoms with Gasteiger partial charge in [-0.2, -0.15) is 0 Å². The Morgan fingerprint density at radius 3 is 1.23 bits per heavy atom. The van der Waals surface area contributed by atoms with Crippen LogP contribution in [0.25, 0.3) is 32.3 Å². The van der Waals surface area contributed by atoms with Crippen molar-refractivity contribution in [2.24, 2.45) is 0 Å². The van der Waals surface area contributed by atoms with Gasteiger partial charge in [-0.1, -0.05) is 53.7 Å². The second kappa shape index (κ2) is 6.11. The minimum atomic E-state index is -0.418. The summed E-state index contributed by atoms with van der Waals surface area (Å²) in [6.45, 7) is 11.7. The topological polar surface area (TPSA) is 86.3 Å². The van der Waals surface area contributed by atoms with Gasteiger partial charge in [-0.3, -0.25) is 20.2 Å². The molecular formula is C24H24N2O4. The first-order chi connectivity index (χ1) is 13.8. The highest BCUT2D eigenvalue weighted by molar-refractivity contribution is 6.27. The Bertz CT molecular complexity index is 1250. The van der Waals surface area contributed by atoms with Crippen molar-refractivity contribution < 1.29 is 9.85 Å². The molecule has 0 aromatic heterocycles. The van der Waals surface area contributed by atoms with Crippen LogP contribution in [-0.2, 0) is 10.8 Å². The van der Waals surface area contributed by atoms with E-state index < -0.39 is 10.8 Å². The first-order valence-electron chi connectivity index (χ1n) is 9.90. The molecule has 0 N–H and O–H groups in total. The number of rotatable bonds is 2. The SMILES string of the molecule is CC(C)(C)c1cc2ccc3cc(C(C)(C)C)c([N+](=O)[O-])c4ccc(c1[N+](=O)[O-])c2c34. The molecule has 0 spiro atoms. The fraction of sp³-hybridized carbons (Fsp3) is 0.333. The average Bonchev–Trinajstić information content (AvgIpc) is 2.62. The van der Waals surface area contributed by atoms with Crippen molar-refractivity contribution in [3.8, 4) is 0 Å². The summed E-state index contributed by atoms with van der Waals surface area (Å²) >= 11 is 0. The maximum absolute atomic E-state index is 12.1. The van der Waals surface area contributed by atoms with Crippen LogP contribution in [0.3, 0.4) is 0 Å². The minimum absolute atomic E-state index is 0.0759. The van der Waals surface area contributed by atoms with Crippen molar-refractivity contribution in [1.29, 1.82) is 0 Å². The van der Waals surface area contributed by atoms with Gasteiger partial charge in [0.2, 0.25) is 0 Å². The van der Waals surface area contributed by atoms with Gasteiger partial charge in [0.15, 0.2) is 0 Å². The van der Waals surface area contributed by atoms with Gasteiger partial charge < -0.3 is 0 Å². The smallest absolute Gasteiger partial charge is 0.258 e. The van der Waals surface area contributed by atoms with Crippen LogP contribution in [0.1, 0.15) is 52.7 Å². The van der Waals surface area contributed by atoms with Gasteiger partial charge in [-0.25, -0.2) is 0 Å². The lowest BCUT2D eigenvalue weighted by Crippen LogP contribution is -2.15. The molecule has 154 valence electrons. The molecule has 4 aromatic rings. The quantitative estimate of drug-likeness (QED) is 0.204. The second-order valence-electron chi connectivity index (χ2n) is 9.98. The molecule has 0 fully saturated rings. The van der Waals surface area contributed by atoms with E-state index in [0.717, 1.165) is 10.8 Å². The summed E-state index contributed by atoms with van der Waals surface area (Å²) in [7, 11) is 0. The van der Waals surface area contributed by atoms with E-state index in [9.17, 15) is 20.2 Å². The molecule has 0 heterocycles. The highest BCUT2D eigenvalue weighted by Crippen LogP contribution is 2.47. The summed E-state index contributed by atoms with van der Waals surface area (Å²) in [6, 6.07) is 11.0. The van der Waals surface area contributed by atoms with Crippen LogP contribution in [0.15, 0.2) is 36.4 Å². The maximum Gasteiger partial charge on any atom is 0.280 e. The number of benzene rings is 4. The Labute approximate surface area is 174 Å². The van der Waals surface area contributed by atoms with Gasteiger partial charge in [-0.15, -0.1) is 0 Å². The van der Waals surface area contributed by atoms with Crippen LogP contribution < -0.4 is 0 Å². The maximum atomic E-state index is 12.1. The standard InChI is InChI=1S/C24H24N2O4/c1-23(2,3)17-11-13-7-8-14-12-18(24(4,5)6)22(26(29)30)16-10-9-15(19(13)20(14)16)21(17)25(27)28/h7-12H,1-6H3. The van der Waals surface area contributed by atoms with Crippen LogP contribution in [0.5, 0.6) is 0 Å². The molecule has 0 bridgehead atoms. The third-order valence-electron chi connectivity index (χ3n) is 5.83. The van der Waals surface area contributed by atoms with E-state index in [1.165, 1.54) is 0 Å². The van der Waals surface area contributed by atoms with Gasteiger partial charge in [0.25, 0.3) is 11.4 Å². The normalized spacial score (nSPS) is 12.9. The first-order valence-corrected chi connectivity index (χ1v) is 9.90. The summed E-state index contributed by atoms with van der Waals surface area (Å²) in [5.41, 5.74) is 0.627. The fourth-order valence-electron chi connectivity index (χ4n) is 4.46. The van der Waals surface area contributed by atoms with Gasteiger partial charge >= 0.3 is 0 Å². The molecule has 0 radical (unpaired) electrons. The molecule has 4 aromatic carbocycles. The monoisotopic (exact) mass is 404 g/mol. The lowest BCUT2D eigenvalue weighted by molar-refractivity contribution is -0.384. The molecule has 0 aliphatic rings.